The predicted molar refractivity (Wildman–Crippen MR) is 98.8 cm³/mol. The minimum atomic E-state index is -0.386. The molecule has 0 radical (unpaired) electrons. The molecule has 1 aliphatic rings. The molecule has 8 heteroatoms. The van der Waals surface area contributed by atoms with Crippen LogP contribution in [-0.2, 0) is 24.9 Å². The highest BCUT2D eigenvalue weighted by molar-refractivity contribution is 5.76. The minimum Gasteiger partial charge on any atom is -0.376 e. The van der Waals surface area contributed by atoms with Gasteiger partial charge in [-0.25, -0.2) is 4.79 Å². The third-order valence-corrected chi connectivity index (χ3v) is 5.35. The molecular formula is C18H23N5O3. The fourth-order valence-electron chi connectivity index (χ4n) is 3.82. The van der Waals surface area contributed by atoms with Crippen LogP contribution >= 0.6 is 0 Å². The molecule has 8 nitrogen and oxygen atoms in total. The molecule has 0 amide bonds. The van der Waals surface area contributed by atoms with Crippen LogP contribution in [-0.4, -0.2) is 35.8 Å². The van der Waals surface area contributed by atoms with E-state index < -0.39 is 0 Å². The van der Waals surface area contributed by atoms with Crippen LogP contribution in [0.1, 0.15) is 24.2 Å². The van der Waals surface area contributed by atoms with Crippen molar-refractivity contribution in [3.05, 3.63) is 44.9 Å². The van der Waals surface area contributed by atoms with Gasteiger partial charge in [-0.2, -0.15) is 4.98 Å². The minimum absolute atomic E-state index is 0.158. The van der Waals surface area contributed by atoms with E-state index >= 15 is 0 Å². The molecule has 1 unspecified atom stereocenters. The first kappa shape index (κ1) is 16.8. The lowest BCUT2D eigenvalue weighted by atomic mass is 10.2. The molecule has 1 atom stereocenters. The van der Waals surface area contributed by atoms with Crippen molar-refractivity contribution < 1.29 is 4.74 Å². The standard InChI is InChI=1S/C18H23N5O3/c1-5-8-21-16(24)14-15(20(4)18(21)25)19-17-22(10-13-7-6-9-26-13)11(2)12(3)23(14)17/h5,13H,1,6-10H2,2-4H3. The van der Waals surface area contributed by atoms with Gasteiger partial charge in [0.1, 0.15) is 0 Å². The van der Waals surface area contributed by atoms with E-state index in [4.69, 9.17) is 4.74 Å². The van der Waals surface area contributed by atoms with Crippen LogP contribution < -0.4 is 11.2 Å². The van der Waals surface area contributed by atoms with Crippen LogP contribution in [0.3, 0.4) is 0 Å². The summed E-state index contributed by atoms with van der Waals surface area (Å²) in [5, 5.41) is 0. The molecule has 0 spiro atoms. The highest BCUT2D eigenvalue weighted by Gasteiger charge is 2.24. The Kier molecular flexibility index (Phi) is 3.87. The van der Waals surface area contributed by atoms with Gasteiger partial charge < -0.3 is 9.30 Å². The molecule has 1 fully saturated rings. The maximum absolute atomic E-state index is 13.0. The highest BCUT2D eigenvalue weighted by Crippen LogP contribution is 2.23. The Hall–Kier alpha value is -2.61. The predicted octanol–water partition coefficient (Wildman–Crippen LogP) is 1.13. The van der Waals surface area contributed by atoms with Crippen LogP contribution in [0.5, 0.6) is 0 Å². The summed E-state index contributed by atoms with van der Waals surface area (Å²) in [5.74, 6) is 0.675. The van der Waals surface area contributed by atoms with Crippen LogP contribution in [0.15, 0.2) is 22.2 Å². The molecule has 3 aromatic rings. The van der Waals surface area contributed by atoms with E-state index in [9.17, 15) is 9.59 Å². The topological polar surface area (TPSA) is 75.5 Å². The Morgan fingerprint density at radius 3 is 2.69 bits per heavy atom. The number of hydrogen-bond acceptors (Lipinski definition) is 4. The van der Waals surface area contributed by atoms with Crippen molar-refractivity contribution in [1.82, 2.24) is 23.1 Å². The van der Waals surface area contributed by atoms with E-state index in [-0.39, 0.29) is 23.9 Å². The molecule has 26 heavy (non-hydrogen) atoms. The summed E-state index contributed by atoms with van der Waals surface area (Å²) in [5.41, 5.74) is 2.10. The Labute approximate surface area is 149 Å². The lowest BCUT2D eigenvalue weighted by Gasteiger charge is -2.12. The van der Waals surface area contributed by atoms with Crippen LogP contribution in [0.25, 0.3) is 16.9 Å². The Morgan fingerprint density at radius 2 is 2.04 bits per heavy atom. The Balaban J connectivity index is 2.06. The van der Waals surface area contributed by atoms with Gasteiger partial charge in [-0.3, -0.25) is 18.3 Å². The van der Waals surface area contributed by atoms with Crippen LogP contribution in [0.2, 0.25) is 0 Å². The van der Waals surface area contributed by atoms with Crippen molar-refractivity contribution in [2.24, 2.45) is 7.05 Å². The van der Waals surface area contributed by atoms with Gasteiger partial charge in [0.05, 0.1) is 12.6 Å². The zero-order valence-electron chi connectivity index (χ0n) is 15.4. The number of aryl methyl sites for hydroxylation is 2. The van der Waals surface area contributed by atoms with Crippen molar-refractivity contribution in [2.45, 2.75) is 45.9 Å². The zero-order chi connectivity index (χ0) is 18.6. The third-order valence-electron chi connectivity index (χ3n) is 5.35. The van der Waals surface area contributed by atoms with E-state index in [0.717, 1.165) is 30.8 Å². The number of fused-ring (bicyclic) bond motifs is 3. The second kappa shape index (κ2) is 5.98. The van der Waals surface area contributed by atoms with Crippen molar-refractivity contribution >= 4 is 16.9 Å². The zero-order valence-corrected chi connectivity index (χ0v) is 15.4. The van der Waals surface area contributed by atoms with Crippen molar-refractivity contribution in [1.29, 1.82) is 0 Å². The average molecular weight is 357 g/mol. The molecule has 1 aliphatic heterocycles. The third kappa shape index (κ3) is 2.21. The Morgan fingerprint density at radius 1 is 1.27 bits per heavy atom. The maximum atomic E-state index is 13.0. The monoisotopic (exact) mass is 357 g/mol. The lowest BCUT2D eigenvalue weighted by Crippen LogP contribution is -2.39. The van der Waals surface area contributed by atoms with Crippen LogP contribution in [0.4, 0.5) is 0 Å². The molecule has 4 rings (SSSR count). The molecular weight excluding hydrogens is 334 g/mol. The number of rotatable bonds is 4. The quantitative estimate of drug-likeness (QED) is 0.656. The second-order valence-electron chi connectivity index (χ2n) is 6.88. The molecule has 1 saturated heterocycles. The van der Waals surface area contributed by atoms with E-state index in [1.807, 2.05) is 18.2 Å². The van der Waals surface area contributed by atoms with Gasteiger partial charge in [-0.1, -0.05) is 6.08 Å². The number of aromatic nitrogens is 5. The summed E-state index contributed by atoms with van der Waals surface area (Å²) in [4.78, 5) is 30.2. The molecule has 138 valence electrons. The van der Waals surface area contributed by atoms with Gasteiger partial charge in [0.15, 0.2) is 11.2 Å². The van der Waals surface area contributed by atoms with Gasteiger partial charge in [-0.15, -0.1) is 6.58 Å². The molecule has 4 heterocycles. The summed E-state index contributed by atoms with van der Waals surface area (Å²) in [6.07, 6.45) is 3.80. The number of allylic oxidation sites excluding steroid dienone is 1. The summed E-state index contributed by atoms with van der Waals surface area (Å²) in [7, 11) is 1.64. The fourth-order valence-corrected chi connectivity index (χ4v) is 3.82. The van der Waals surface area contributed by atoms with Crippen molar-refractivity contribution in [3.63, 3.8) is 0 Å². The van der Waals surface area contributed by atoms with E-state index in [2.05, 4.69) is 16.1 Å². The normalized spacial score (nSPS) is 17.6. The molecule has 0 N–H and O–H groups in total. The van der Waals surface area contributed by atoms with Gasteiger partial charge in [0.2, 0.25) is 5.78 Å². The molecule has 3 aromatic heterocycles. The fraction of sp³-hybridized carbons (Fsp3) is 0.500. The van der Waals surface area contributed by atoms with Gasteiger partial charge >= 0.3 is 5.69 Å². The Bertz CT molecular complexity index is 1140. The van der Waals surface area contributed by atoms with Crippen molar-refractivity contribution in [3.8, 4) is 0 Å². The number of ether oxygens (including phenoxy) is 1. The molecule has 0 aliphatic carbocycles. The number of imidazole rings is 2. The molecule has 0 saturated carbocycles. The van der Waals surface area contributed by atoms with E-state index in [1.165, 1.54) is 9.13 Å². The lowest BCUT2D eigenvalue weighted by molar-refractivity contribution is 0.0974. The summed E-state index contributed by atoms with van der Waals surface area (Å²) in [6.45, 7) is 9.29. The van der Waals surface area contributed by atoms with E-state index in [1.54, 1.807) is 13.1 Å². The molecule has 0 bridgehead atoms. The smallest absolute Gasteiger partial charge is 0.332 e. The number of nitrogens with zero attached hydrogens (tertiary/aromatic N) is 5. The first-order valence-corrected chi connectivity index (χ1v) is 8.85. The van der Waals surface area contributed by atoms with Crippen LogP contribution in [0, 0.1) is 13.8 Å². The molecule has 0 aromatic carbocycles. The summed E-state index contributed by atoms with van der Waals surface area (Å²) >= 11 is 0. The summed E-state index contributed by atoms with van der Waals surface area (Å²) < 4.78 is 12.3. The van der Waals surface area contributed by atoms with Crippen molar-refractivity contribution in [2.75, 3.05) is 6.61 Å². The first-order chi connectivity index (χ1) is 12.5. The highest BCUT2D eigenvalue weighted by atomic mass is 16.5. The first-order valence-electron chi connectivity index (χ1n) is 8.85. The summed E-state index contributed by atoms with van der Waals surface area (Å²) in [6, 6.07) is 0. The van der Waals surface area contributed by atoms with Gasteiger partial charge in [0.25, 0.3) is 5.56 Å². The van der Waals surface area contributed by atoms with E-state index in [0.29, 0.717) is 23.5 Å². The average Bonchev–Trinajstić information content (AvgIpc) is 3.31. The van der Waals surface area contributed by atoms with Gasteiger partial charge in [0, 0.05) is 31.6 Å². The SMILES string of the molecule is C=CCn1c(=O)c2c(nc3n(CC4CCCO4)c(C)c(C)n23)n(C)c1=O. The second-order valence-corrected chi connectivity index (χ2v) is 6.88. The number of hydrogen-bond donors (Lipinski definition) is 0. The van der Waals surface area contributed by atoms with Gasteiger partial charge in [-0.05, 0) is 26.7 Å². The largest absolute Gasteiger partial charge is 0.376 e. The maximum Gasteiger partial charge on any atom is 0.332 e.